The van der Waals surface area contributed by atoms with E-state index in [4.69, 9.17) is 0 Å². The summed E-state index contributed by atoms with van der Waals surface area (Å²) in [5.41, 5.74) is 2.64. The summed E-state index contributed by atoms with van der Waals surface area (Å²) in [4.78, 5) is 24.9. The number of carbonyl (C=O) groups is 1. The molecule has 3 heterocycles. The lowest BCUT2D eigenvalue weighted by Gasteiger charge is -2.15. The average Bonchev–Trinajstić information content (AvgIpc) is 3.47. The zero-order valence-corrected chi connectivity index (χ0v) is 17.9. The van der Waals surface area contributed by atoms with Crippen molar-refractivity contribution in [2.24, 2.45) is 0 Å². The molecule has 1 aliphatic rings. The molecule has 1 amide bonds. The molecule has 5 nitrogen and oxygen atoms in total. The average molecular weight is 433 g/mol. The summed E-state index contributed by atoms with van der Waals surface area (Å²) in [5.74, 6) is 0.241. The predicted octanol–water partition coefficient (Wildman–Crippen LogP) is 5.18. The molecule has 1 fully saturated rings. The zero-order chi connectivity index (χ0) is 21.4. The third-order valence-electron chi connectivity index (χ3n) is 5.67. The second-order valence-electron chi connectivity index (χ2n) is 7.55. The number of fused-ring (bicyclic) bond motifs is 1. The van der Waals surface area contributed by atoms with Gasteiger partial charge in [0, 0.05) is 58.7 Å². The first kappa shape index (κ1) is 19.8. The van der Waals surface area contributed by atoms with E-state index in [1.54, 1.807) is 42.4 Å². The Kier molecular flexibility index (Phi) is 5.19. The minimum absolute atomic E-state index is 0.0636. The van der Waals surface area contributed by atoms with Crippen LogP contribution in [0.5, 0.6) is 0 Å². The van der Waals surface area contributed by atoms with E-state index in [0.29, 0.717) is 22.6 Å². The standard InChI is InChI=1S/C24H21FN4OS/c1-31-22-15-29(24-26-13-17(14-27-24)18-6-2-3-7-20(18)25)21-12-16(8-9-19(21)22)23(30)28-10-4-5-11-28/h2-3,6-9,12-15H,4-5,10-11H2,1H3. The Bertz CT molecular complexity index is 1260. The first-order chi connectivity index (χ1) is 15.2. The van der Waals surface area contributed by atoms with Crippen molar-refractivity contribution in [2.75, 3.05) is 19.3 Å². The summed E-state index contributed by atoms with van der Waals surface area (Å²) in [5, 5.41) is 1.05. The lowest BCUT2D eigenvalue weighted by molar-refractivity contribution is 0.0793. The maximum Gasteiger partial charge on any atom is 0.253 e. The summed E-state index contributed by atoms with van der Waals surface area (Å²) < 4.78 is 16.0. The van der Waals surface area contributed by atoms with Crippen molar-refractivity contribution >= 4 is 28.6 Å². The van der Waals surface area contributed by atoms with Gasteiger partial charge in [-0.05, 0) is 37.3 Å². The van der Waals surface area contributed by atoms with Crippen LogP contribution >= 0.6 is 11.8 Å². The number of rotatable bonds is 4. The molecule has 0 saturated carbocycles. The molecule has 5 rings (SSSR count). The number of hydrogen-bond acceptors (Lipinski definition) is 4. The van der Waals surface area contributed by atoms with Crippen molar-refractivity contribution in [2.45, 2.75) is 17.7 Å². The summed E-state index contributed by atoms with van der Waals surface area (Å²) in [6, 6.07) is 12.4. The highest BCUT2D eigenvalue weighted by atomic mass is 32.2. The van der Waals surface area contributed by atoms with Crippen molar-refractivity contribution in [3.63, 3.8) is 0 Å². The van der Waals surface area contributed by atoms with E-state index < -0.39 is 0 Å². The van der Waals surface area contributed by atoms with Gasteiger partial charge in [0.05, 0.1) is 5.52 Å². The van der Waals surface area contributed by atoms with Crippen LogP contribution in [0.4, 0.5) is 4.39 Å². The number of amides is 1. The summed E-state index contributed by atoms with van der Waals surface area (Å²) in [6.45, 7) is 1.63. The maximum atomic E-state index is 14.1. The van der Waals surface area contributed by atoms with Crippen molar-refractivity contribution < 1.29 is 9.18 Å². The van der Waals surface area contributed by atoms with Gasteiger partial charge in [0.15, 0.2) is 0 Å². The van der Waals surface area contributed by atoms with Crippen LogP contribution in [0.25, 0.3) is 28.0 Å². The molecular weight excluding hydrogens is 411 g/mol. The molecule has 1 aliphatic heterocycles. The zero-order valence-electron chi connectivity index (χ0n) is 17.1. The fraction of sp³-hybridized carbons (Fsp3) is 0.208. The van der Waals surface area contributed by atoms with Crippen molar-refractivity contribution in [3.8, 4) is 17.1 Å². The summed E-state index contributed by atoms with van der Waals surface area (Å²) in [6.07, 6.45) is 9.38. The highest BCUT2D eigenvalue weighted by molar-refractivity contribution is 7.98. The molecule has 0 spiro atoms. The second kappa shape index (κ2) is 8.15. The number of likely N-dealkylation sites (tertiary alicyclic amines) is 1. The quantitative estimate of drug-likeness (QED) is 0.417. The Balaban J connectivity index is 1.56. The van der Waals surface area contributed by atoms with E-state index in [9.17, 15) is 9.18 Å². The molecule has 0 aliphatic carbocycles. The smallest absolute Gasteiger partial charge is 0.253 e. The highest BCUT2D eigenvalue weighted by Gasteiger charge is 2.21. The van der Waals surface area contributed by atoms with Crippen LogP contribution < -0.4 is 0 Å². The molecule has 0 bridgehead atoms. The SMILES string of the molecule is CSc1cn(-c2ncc(-c3ccccc3F)cn2)c2cc(C(=O)N3CCCC3)ccc12. The van der Waals surface area contributed by atoms with Gasteiger partial charge in [-0.1, -0.05) is 24.3 Å². The van der Waals surface area contributed by atoms with Crippen molar-refractivity contribution in [1.29, 1.82) is 0 Å². The minimum atomic E-state index is -0.306. The highest BCUT2D eigenvalue weighted by Crippen LogP contribution is 2.31. The Morgan fingerprint density at radius 3 is 2.52 bits per heavy atom. The molecule has 7 heteroatoms. The van der Waals surface area contributed by atoms with Gasteiger partial charge in [-0.15, -0.1) is 11.8 Å². The second-order valence-corrected chi connectivity index (χ2v) is 8.40. The Labute approximate surface area is 183 Å². The monoisotopic (exact) mass is 432 g/mol. The maximum absolute atomic E-state index is 14.1. The normalized spacial score (nSPS) is 13.8. The summed E-state index contributed by atoms with van der Waals surface area (Å²) >= 11 is 1.63. The molecule has 2 aromatic carbocycles. The van der Waals surface area contributed by atoms with Crippen molar-refractivity contribution in [3.05, 3.63) is 72.4 Å². The Morgan fingerprint density at radius 2 is 1.81 bits per heavy atom. The fourth-order valence-corrected chi connectivity index (χ4v) is 4.64. The molecular formula is C24H21FN4OS. The molecule has 2 aromatic heterocycles. The number of thioether (sulfide) groups is 1. The van der Waals surface area contributed by atoms with Crippen LogP contribution in [0.1, 0.15) is 23.2 Å². The predicted molar refractivity (Wildman–Crippen MR) is 121 cm³/mol. The van der Waals surface area contributed by atoms with E-state index in [2.05, 4.69) is 9.97 Å². The first-order valence-corrected chi connectivity index (χ1v) is 11.4. The fourth-order valence-electron chi connectivity index (χ4n) is 4.04. The van der Waals surface area contributed by atoms with Gasteiger partial charge < -0.3 is 4.90 Å². The van der Waals surface area contributed by atoms with E-state index >= 15 is 0 Å². The van der Waals surface area contributed by atoms with Crippen LogP contribution in [0.15, 0.2) is 66.0 Å². The van der Waals surface area contributed by atoms with Gasteiger partial charge in [-0.25, -0.2) is 14.4 Å². The van der Waals surface area contributed by atoms with Gasteiger partial charge in [0.25, 0.3) is 5.91 Å². The topological polar surface area (TPSA) is 51.0 Å². The lowest BCUT2D eigenvalue weighted by atomic mass is 10.1. The van der Waals surface area contributed by atoms with Gasteiger partial charge in [-0.2, -0.15) is 0 Å². The van der Waals surface area contributed by atoms with Crippen LogP contribution in [0, 0.1) is 5.82 Å². The van der Waals surface area contributed by atoms with Crippen LogP contribution in [0.3, 0.4) is 0 Å². The third-order valence-corrected chi connectivity index (χ3v) is 6.43. The van der Waals surface area contributed by atoms with Crippen LogP contribution in [0.2, 0.25) is 0 Å². The minimum Gasteiger partial charge on any atom is -0.339 e. The van der Waals surface area contributed by atoms with E-state index in [-0.39, 0.29) is 11.7 Å². The largest absolute Gasteiger partial charge is 0.339 e. The molecule has 156 valence electrons. The van der Waals surface area contributed by atoms with E-state index in [1.165, 1.54) is 6.07 Å². The number of nitrogens with zero attached hydrogens (tertiary/aromatic N) is 4. The number of benzene rings is 2. The van der Waals surface area contributed by atoms with E-state index in [1.807, 2.05) is 40.1 Å². The Morgan fingerprint density at radius 1 is 1.06 bits per heavy atom. The number of carbonyl (C=O) groups excluding carboxylic acids is 1. The van der Waals surface area contributed by atoms with Gasteiger partial charge in [0.2, 0.25) is 5.95 Å². The number of aromatic nitrogens is 3. The molecule has 31 heavy (non-hydrogen) atoms. The van der Waals surface area contributed by atoms with E-state index in [0.717, 1.165) is 41.7 Å². The van der Waals surface area contributed by atoms with Crippen LogP contribution in [-0.4, -0.2) is 44.7 Å². The molecule has 0 atom stereocenters. The van der Waals surface area contributed by atoms with Crippen LogP contribution in [-0.2, 0) is 0 Å². The summed E-state index contributed by atoms with van der Waals surface area (Å²) in [7, 11) is 0. The molecule has 4 aromatic rings. The van der Waals surface area contributed by atoms with Gasteiger partial charge >= 0.3 is 0 Å². The molecule has 0 N–H and O–H groups in total. The lowest BCUT2D eigenvalue weighted by Crippen LogP contribution is -2.27. The van der Waals surface area contributed by atoms with Crippen molar-refractivity contribution in [1.82, 2.24) is 19.4 Å². The first-order valence-electron chi connectivity index (χ1n) is 10.2. The molecule has 0 unspecified atom stereocenters. The molecule has 0 radical (unpaired) electrons. The third kappa shape index (κ3) is 3.59. The molecule has 1 saturated heterocycles. The van der Waals surface area contributed by atoms with Gasteiger partial charge in [-0.3, -0.25) is 9.36 Å². The number of hydrogen-bond donors (Lipinski definition) is 0. The number of halogens is 1. The Hall–Kier alpha value is -3.19. The van der Waals surface area contributed by atoms with Gasteiger partial charge in [0.1, 0.15) is 5.82 Å².